The first-order valence-corrected chi connectivity index (χ1v) is 13.2. The van der Waals surface area contributed by atoms with E-state index < -0.39 is 19.3 Å². The van der Waals surface area contributed by atoms with Gasteiger partial charge in [0.25, 0.3) is 6.01 Å². The third-order valence-corrected chi connectivity index (χ3v) is 6.45. The Morgan fingerprint density at radius 2 is 1.89 bits per heavy atom. The van der Waals surface area contributed by atoms with Gasteiger partial charge in [0.2, 0.25) is 0 Å². The Labute approximate surface area is 215 Å². The van der Waals surface area contributed by atoms with E-state index in [9.17, 15) is 14.3 Å². The molecule has 2 aromatic heterocycles. The van der Waals surface area contributed by atoms with E-state index in [0.717, 1.165) is 5.56 Å². The summed E-state index contributed by atoms with van der Waals surface area (Å²) in [6, 6.07) is 7.45. The van der Waals surface area contributed by atoms with Gasteiger partial charge in [-0.25, -0.2) is 4.79 Å². The molecule has 1 atom stereocenters. The van der Waals surface area contributed by atoms with E-state index in [1.54, 1.807) is 50.6 Å². The number of benzene rings is 1. The molecule has 13 nitrogen and oxygen atoms in total. The second-order valence-corrected chi connectivity index (χ2v) is 11.3. The Bertz CT molecular complexity index is 1310. The maximum absolute atomic E-state index is 12.1. The predicted octanol–water partition coefficient (Wildman–Crippen LogP) is 3.04. The Morgan fingerprint density at radius 1 is 1.19 bits per heavy atom. The number of nitrogen functional groups attached to an aromatic ring is 1. The van der Waals surface area contributed by atoms with Gasteiger partial charge in [-0.3, -0.25) is 9.13 Å². The minimum Gasteiger partial charge on any atom is -0.468 e. The van der Waals surface area contributed by atoms with Crippen molar-refractivity contribution in [3.8, 4) is 12.0 Å². The summed E-state index contributed by atoms with van der Waals surface area (Å²) in [6.07, 6.45) is -0.593. The van der Waals surface area contributed by atoms with Crippen molar-refractivity contribution in [2.75, 3.05) is 40.2 Å². The first-order chi connectivity index (χ1) is 17.3. The summed E-state index contributed by atoms with van der Waals surface area (Å²) >= 11 is 0. The standard InChI is InChI=1S/C23H33N6O7P/c1-23(2,3)36-22(30)28(4)10-11-35-20-26-18(24)17-19(27-20)29(21(25-17)33-5)13-15-8-7-9-16(12-15)14-37(31,32)34-6/h7-9,12H,10-11,13-14H2,1-6H3,(H,31,32)(H2,24,26,27). The van der Waals surface area contributed by atoms with Crippen LogP contribution in [0.5, 0.6) is 12.0 Å². The van der Waals surface area contributed by atoms with E-state index in [1.807, 2.05) is 6.07 Å². The molecule has 3 N–H and O–H groups in total. The molecular weight excluding hydrogens is 503 g/mol. The highest BCUT2D eigenvalue weighted by molar-refractivity contribution is 7.51. The lowest BCUT2D eigenvalue weighted by molar-refractivity contribution is 0.0276. The van der Waals surface area contributed by atoms with Crippen LogP contribution in [0.25, 0.3) is 11.2 Å². The minimum absolute atomic E-state index is 0.0152. The molecule has 14 heteroatoms. The van der Waals surface area contributed by atoms with Gasteiger partial charge in [-0.15, -0.1) is 0 Å². The number of hydrogen-bond acceptors (Lipinski definition) is 10. The fraction of sp³-hybridized carbons (Fsp3) is 0.478. The Balaban J connectivity index is 1.81. The molecule has 0 aliphatic carbocycles. The average molecular weight is 537 g/mol. The monoisotopic (exact) mass is 536 g/mol. The smallest absolute Gasteiger partial charge is 0.410 e. The van der Waals surface area contributed by atoms with E-state index in [-0.39, 0.29) is 43.7 Å². The molecule has 202 valence electrons. The van der Waals surface area contributed by atoms with Gasteiger partial charge in [-0.05, 0) is 31.9 Å². The number of anilines is 1. The average Bonchev–Trinajstić information content (AvgIpc) is 3.16. The molecule has 0 saturated heterocycles. The van der Waals surface area contributed by atoms with Crippen molar-refractivity contribution in [3.05, 3.63) is 35.4 Å². The second-order valence-electron chi connectivity index (χ2n) is 9.30. The van der Waals surface area contributed by atoms with E-state index in [2.05, 4.69) is 15.0 Å². The normalized spacial score (nSPS) is 13.3. The number of ether oxygens (including phenoxy) is 3. The molecule has 0 radical (unpaired) electrons. The maximum Gasteiger partial charge on any atom is 0.410 e. The van der Waals surface area contributed by atoms with Gasteiger partial charge < -0.3 is 34.3 Å². The first kappa shape index (κ1) is 28.2. The van der Waals surface area contributed by atoms with Crippen LogP contribution in [-0.4, -0.2) is 75.4 Å². The number of likely N-dealkylation sites (N-methyl/N-ethyl adjacent to an activating group) is 1. The number of nitrogens with zero attached hydrogens (tertiary/aromatic N) is 5. The van der Waals surface area contributed by atoms with E-state index in [1.165, 1.54) is 19.1 Å². The number of nitrogens with two attached hydrogens (primary N) is 1. The number of rotatable bonds is 10. The predicted molar refractivity (Wildman–Crippen MR) is 137 cm³/mol. The number of carbonyl (C=O) groups is 1. The molecule has 3 aromatic rings. The molecule has 0 aliphatic heterocycles. The number of amides is 1. The number of hydrogen-bond donors (Lipinski definition) is 2. The van der Waals surface area contributed by atoms with Crippen LogP contribution in [-0.2, 0) is 26.5 Å². The molecule has 0 saturated carbocycles. The van der Waals surface area contributed by atoms with Gasteiger partial charge in [-0.1, -0.05) is 24.3 Å². The van der Waals surface area contributed by atoms with Crippen LogP contribution in [0.15, 0.2) is 24.3 Å². The van der Waals surface area contributed by atoms with Crippen molar-refractivity contribution in [2.24, 2.45) is 0 Å². The van der Waals surface area contributed by atoms with Crippen LogP contribution >= 0.6 is 7.60 Å². The summed E-state index contributed by atoms with van der Waals surface area (Å²) in [7, 11) is 0.561. The van der Waals surface area contributed by atoms with E-state index in [0.29, 0.717) is 16.7 Å². The molecule has 1 aromatic carbocycles. The van der Waals surface area contributed by atoms with Gasteiger partial charge in [0.05, 0.1) is 26.4 Å². The molecule has 37 heavy (non-hydrogen) atoms. The lowest BCUT2D eigenvalue weighted by atomic mass is 10.1. The lowest BCUT2D eigenvalue weighted by Gasteiger charge is -2.24. The van der Waals surface area contributed by atoms with Crippen LogP contribution in [0.3, 0.4) is 0 Å². The molecular formula is C23H33N6O7P. The van der Waals surface area contributed by atoms with Crippen molar-refractivity contribution in [2.45, 2.75) is 39.1 Å². The fourth-order valence-electron chi connectivity index (χ4n) is 3.35. The van der Waals surface area contributed by atoms with Gasteiger partial charge in [0.15, 0.2) is 17.0 Å². The van der Waals surface area contributed by atoms with Crippen molar-refractivity contribution < 1.29 is 33.0 Å². The third-order valence-electron chi connectivity index (χ3n) is 5.11. The molecule has 0 fully saturated rings. The van der Waals surface area contributed by atoms with Gasteiger partial charge >= 0.3 is 19.7 Å². The molecule has 0 aliphatic rings. The molecule has 0 bridgehead atoms. The van der Waals surface area contributed by atoms with Crippen LogP contribution in [0, 0.1) is 0 Å². The number of fused-ring (bicyclic) bond motifs is 1. The Kier molecular flexibility index (Phi) is 8.62. The summed E-state index contributed by atoms with van der Waals surface area (Å²) in [5, 5.41) is 0. The molecule has 3 rings (SSSR count). The molecule has 1 amide bonds. The van der Waals surface area contributed by atoms with Crippen molar-refractivity contribution in [1.82, 2.24) is 24.4 Å². The summed E-state index contributed by atoms with van der Waals surface area (Å²) in [6.45, 7) is 6.00. The highest BCUT2D eigenvalue weighted by Gasteiger charge is 2.22. The Morgan fingerprint density at radius 3 is 2.54 bits per heavy atom. The van der Waals surface area contributed by atoms with E-state index in [4.69, 9.17) is 24.5 Å². The van der Waals surface area contributed by atoms with Crippen LogP contribution < -0.4 is 15.2 Å². The number of carbonyl (C=O) groups excluding carboxylic acids is 1. The van der Waals surface area contributed by atoms with Gasteiger partial charge in [-0.2, -0.15) is 15.0 Å². The van der Waals surface area contributed by atoms with E-state index >= 15 is 0 Å². The first-order valence-electron chi connectivity index (χ1n) is 11.4. The summed E-state index contributed by atoms with van der Waals surface area (Å²) in [4.78, 5) is 36.4. The SMILES string of the molecule is COc1nc2c(N)nc(OCCN(C)C(=O)OC(C)(C)C)nc2n1Cc1cccc(CP(=O)(O)OC)c1. The minimum atomic E-state index is -3.72. The number of imidazole rings is 1. The summed E-state index contributed by atoms with van der Waals surface area (Å²) in [5.74, 6) is 0.104. The van der Waals surface area contributed by atoms with Crippen LogP contribution in [0.4, 0.5) is 10.6 Å². The highest BCUT2D eigenvalue weighted by atomic mass is 31.2. The van der Waals surface area contributed by atoms with Crippen molar-refractivity contribution in [3.63, 3.8) is 0 Å². The second kappa shape index (κ2) is 11.3. The zero-order valence-electron chi connectivity index (χ0n) is 21.8. The van der Waals surface area contributed by atoms with Crippen molar-refractivity contribution in [1.29, 1.82) is 0 Å². The summed E-state index contributed by atoms with van der Waals surface area (Å²) in [5.41, 5.74) is 7.69. The molecule has 1 unspecified atom stereocenters. The molecule has 0 spiro atoms. The maximum atomic E-state index is 12.1. The number of methoxy groups -OCH3 is 1. The number of aromatic nitrogens is 4. The quantitative estimate of drug-likeness (QED) is 0.366. The van der Waals surface area contributed by atoms with Gasteiger partial charge in [0, 0.05) is 14.2 Å². The highest BCUT2D eigenvalue weighted by Crippen LogP contribution is 2.44. The zero-order valence-corrected chi connectivity index (χ0v) is 22.7. The molecule has 2 heterocycles. The summed E-state index contributed by atoms with van der Waals surface area (Å²) < 4.78 is 34.8. The fourth-order valence-corrected chi connectivity index (χ4v) is 4.14. The zero-order chi connectivity index (χ0) is 27.4. The van der Waals surface area contributed by atoms with Gasteiger partial charge in [0.1, 0.15) is 12.2 Å². The lowest BCUT2D eigenvalue weighted by Crippen LogP contribution is -2.36. The third kappa shape index (κ3) is 7.54. The largest absolute Gasteiger partial charge is 0.468 e. The van der Waals surface area contributed by atoms with Crippen LogP contribution in [0.1, 0.15) is 31.9 Å². The van der Waals surface area contributed by atoms with Crippen molar-refractivity contribution >= 4 is 30.7 Å². The van der Waals surface area contributed by atoms with Crippen LogP contribution in [0.2, 0.25) is 0 Å². The topological polar surface area (TPSA) is 164 Å². The Hall–Kier alpha value is -3.41.